The van der Waals surface area contributed by atoms with Crippen LogP contribution in [-0.2, 0) is 13.6 Å². The number of rotatable bonds is 3. The fraction of sp³-hybridized carbons (Fsp3) is 0.182. The minimum atomic E-state index is -0.145. The molecule has 17 heavy (non-hydrogen) atoms. The Balaban J connectivity index is 2.00. The molecule has 3 N–H and O–H groups in total. The van der Waals surface area contributed by atoms with Crippen LogP contribution in [0.5, 0.6) is 0 Å². The van der Waals surface area contributed by atoms with Gasteiger partial charge in [0.15, 0.2) is 0 Å². The summed E-state index contributed by atoms with van der Waals surface area (Å²) in [5, 5.41) is 2.82. The van der Waals surface area contributed by atoms with Crippen molar-refractivity contribution in [3.63, 3.8) is 0 Å². The van der Waals surface area contributed by atoms with Gasteiger partial charge in [-0.05, 0) is 18.2 Å². The zero-order chi connectivity index (χ0) is 12.4. The molecule has 2 rings (SSSR count). The minimum Gasteiger partial charge on any atom is -0.397 e. The number of carbonyl (C=O) groups excluding carboxylic acids is 1. The van der Waals surface area contributed by atoms with E-state index in [9.17, 15) is 4.79 Å². The summed E-state index contributed by atoms with van der Waals surface area (Å²) in [5.41, 5.74) is 6.74. The number of aromatic nitrogens is 1. The monoisotopic (exact) mass is 269 g/mol. The quantitative estimate of drug-likeness (QED) is 0.898. The molecule has 4 nitrogen and oxygen atoms in total. The van der Waals surface area contributed by atoms with Crippen LogP contribution in [0.25, 0.3) is 0 Å². The first kappa shape index (κ1) is 12.0. The average Bonchev–Trinajstić information content (AvgIpc) is 2.81. The van der Waals surface area contributed by atoms with Crippen molar-refractivity contribution in [2.24, 2.45) is 7.05 Å². The van der Waals surface area contributed by atoms with Gasteiger partial charge in [-0.25, -0.2) is 0 Å². The van der Waals surface area contributed by atoms with Gasteiger partial charge in [0.05, 0.1) is 16.6 Å². The second kappa shape index (κ2) is 4.81. The van der Waals surface area contributed by atoms with Crippen LogP contribution in [0.1, 0.15) is 15.4 Å². The average molecular weight is 270 g/mol. The van der Waals surface area contributed by atoms with Gasteiger partial charge in [-0.3, -0.25) is 4.79 Å². The second-order valence-electron chi connectivity index (χ2n) is 3.66. The number of halogens is 1. The number of anilines is 1. The smallest absolute Gasteiger partial charge is 0.268 e. The zero-order valence-electron chi connectivity index (χ0n) is 9.24. The molecule has 0 atom stereocenters. The second-order valence-corrected chi connectivity index (χ2v) is 5.46. The number of hydrogen-bond acceptors (Lipinski definition) is 3. The fourth-order valence-corrected chi connectivity index (χ4v) is 2.55. The normalized spacial score (nSPS) is 10.5. The molecule has 6 heteroatoms. The minimum absolute atomic E-state index is 0.145. The largest absolute Gasteiger partial charge is 0.397 e. The van der Waals surface area contributed by atoms with Gasteiger partial charge in [-0.2, -0.15) is 0 Å². The van der Waals surface area contributed by atoms with Crippen LogP contribution in [0.15, 0.2) is 24.4 Å². The molecule has 0 aromatic carbocycles. The van der Waals surface area contributed by atoms with Gasteiger partial charge in [0, 0.05) is 18.1 Å². The third kappa shape index (κ3) is 2.81. The van der Waals surface area contributed by atoms with Crippen molar-refractivity contribution in [2.45, 2.75) is 6.54 Å². The van der Waals surface area contributed by atoms with Crippen LogP contribution < -0.4 is 11.1 Å². The molecule has 0 fully saturated rings. The zero-order valence-corrected chi connectivity index (χ0v) is 10.8. The Hall–Kier alpha value is -1.46. The SMILES string of the molecule is Cn1cc(N)cc1C(=O)NCc1ccc(Cl)s1. The van der Waals surface area contributed by atoms with Gasteiger partial charge in [-0.1, -0.05) is 11.6 Å². The summed E-state index contributed by atoms with van der Waals surface area (Å²) in [4.78, 5) is 12.9. The molecule has 0 radical (unpaired) electrons. The molecule has 2 aromatic heterocycles. The van der Waals surface area contributed by atoms with Crippen molar-refractivity contribution in [2.75, 3.05) is 5.73 Å². The van der Waals surface area contributed by atoms with Gasteiger partial charge >= 0.3 is 0 Å². The van der Waals surface area contributed by atoms with Crippen LogP contribution in [0.4, 0.5) is 5.69 Å². The van der Waals surface area contributed by atoms with Gasteiger partial charge < -0.3 is 15.6 Å². The molecule has 2 aromatic rings. The topological polar surface area (TPSA) is 60.0 Å². The summed E-state index contributed by atoms with van der Waals surface area (Å²) in [5.74, 6) is -0.145. The summed E-state index contributed by atoms with van der Waals surface area (Å²) < 4.78 is 2.42. The van der Waals surface area contributed by atoms with Crippen molar-refractivity contribution in [3.05, 3.63) is 39.3 Å². The van der Waals surface area contributed by atoms with Crippen LogP contribution in [0.2, 0.25) is 4.34 Å². The molecule has 0 bridgehead atoms. The van der Waals surface area contributed by atoms with Crippen molar-refractivity contribution >= 4 is 34.5 Å². The number of nitrogens with two attached hydrogens (primary N) is 1. The van der Waals surface area contributed by atoms with Crippen molar-refractivity contribution in [1.82, 2.24) is 9.88 Å². The van der Waals surface area contributed by atoms with Crippen molar-refractivity contribution in [3.8, 4) is 0 Å². The number of aryl methyl sites for hydroxylation is 1. The molecule has 0 saturated heterocycles. The summed E-state index contributed by atoms with van der Waals surface area (Å²) in [6, 6.07) is 5.36. The van der Waals surface area contributed by atoms with Crippen LogP contribution >= 0.6 is 22.9 Å². The Morgan fingerprint density at radius 1 is 1.59 bits per heavy atom. The first-order valence-electron chi connectivity index (χ1n) is 5.00. The number of amides is 1. The maximum Gasteiger partial charge on any atom is 0.268 e. The number of hydrogen-bond donors (Lipinski definition) is 2. The van der Waals surface area contributed by atoms with Gasteiger partial charge in [0.1, 0.15) is 5.69 Å². The molecule has 0 saturated carbocycles. The number of nitrogen functional groups attached to an aromatic ring is 1. The maximum absolute atomic E-state index is 11.8. The highest BCUT2D eigenvalue weighted by molar-refractivity contribution is 7.16. The maximum atomic E-state index is 11.8. The standard InChI is InChI=1S/C11H12ClN3OS/c1-15-6-7(13)4-9(15)11(16)14-5-8-2-3-10(12)17-8/h2-4,6H,5,13H2,1H3,(H,14,16). The van der Waals surface area contributed by atoms with Crippen molar-refractivity contribution in [1.29, 1.82) is 0 Å². The number of thiophene rings is 1. The molecule has 1 amide bonds. The third-order valence-electron chi connectivity index (χ3n) is 2.31. The Morgan fingerprint density at radius 2 is 2.35 bits per heavy atom. The van der Waals surface area contributed by atoms with Crippen molar-refractivity contribution < 1.29 is 4.79 Å². The lowest BCUT2D eigenvalue weighted by atomic mass is 10.3. The summed E-state index contributed by atoms with van der Waals surface area (Å²) in [7, 11) is 1.79. The van der Waals surface area contributed by atoms with E-state index in [-0.39, 0.29) is 5.91 Å². The van der Waals surface area contributed by atoms with Gasteiger partial charge in [0.25, 0.3) is 5.91 Å². The van der Waals surface area contributed by atoms with Crippen LogP contribution in [-0.4, -0.2) is 10.5 Å². The molecule has 0 aliphatic heterocycles. The number of nitrogens with one attached hydrogen (secondary N) is 1. The molecular weight excluding hydrogens is 258 g/mol. The van der Waals surface area contributed by atoms with E-state index in [2.05, 4.69) is 5.32 Å². The molecule has 0 unspecified atom stereocenters. The van der Waals surface area contributed by atoms with Gasteiger partial charge in [0.2, 0.25) is 0 Å². The third-order valence-corrected chi connectivity index (χ3v) is 3.54. The first-order valence-corrected chi connectivity index (χ1v) is 6.20. The Labute approximate surface area is 108 Å². The molecule has 90 valence electrons. The van der Waals surface area contributed by atoms with Crippen LogP contribution in [0.3, 0.4) is 0 Å². The lowest BCUT2D eigenvalue weighted by Gasteiger charge is -2.04. The highest BCUT2D eigenvalue weighted by atomic mass is 35.5. The van der Waals surface area contributed by atoms with E-state index in [4.69, 9.17) is 17.3 Å². The van der Waals surface area contributed by atoms with E-state index in [1.807, 2.05) is 12.1 Å². The number of nitrogens with zero attached hydrogens (tertiary/aromatic N) is 1. The molecule has 0 spiro atoms. The van der Waals surface area contributed by atoms with E-state index in [0.29, 0.717) is 17.9 Å². The van der Waals surface area contributed by atoms with E-state index < -0.39 is 0 Å². The van der Waals surface area contributed by atoms with Gasteiger partial charge in [-0.15, -0.1) is 11.3 Å². The summed E-state index contributed by atoms with van der Waals surface area (Å²) in [6.45, 7) is 0.474. The van der Waals surface area contributed by atoms with E-state index in [1.54, 1.807) is 23.9 Å². The first-order chi connectivity index (χ1) is 8.06. The predicted octanol–water partition coefficient (Wildman–Crippen LogP) is 2.25. The lowest BCUT2D eigenvalue weighted by molar-refractivity contribution is 0.0943. The number of carbonyl (C=O) groups is 1. The van der Waals surface area contributed by atoms with Crippen LogP contribution in [0, 0.1) is 0 Å². The Bertz CT molecular complexity index is 547. The molecule has 2 heterocycles. The highest BCUT2D eigenvalue weighted by Crippen LogP contribution is 2.21. The highest BCUT2D eigenvalue weighted by Gasteiger charge is 2.10. The molecular formula is C11H12ClN3OS. The predicted molar refractivity (Wildman–Crippen MR) is 70.3 cm³/mol. The fourth-order valence-electron chi connectivity index (χ4n) is 1.52. The molecule has 0 aliphatic rings. The van der Waals surface area contributed by atoms with E-state index >= 15 is 0 Å². The van der Waals surface area contributed by atoms with E-state index in [0.717, 1.165) is 9.21 Å². The summed E-state index contributed by atoms with van der Waals surface area (Å²) >= 11 is 7.26. The lowest BCUT2D eigenvalue weighted by Crippen LogP contribution is -2.24. The molecule has 0 aliphatic carbocycles. The Morgan fingerprint density at radius 3 is 2.88 bits per heavy atom. The Kier molecular flexibility index (Phi) is 3.40. The van der Waals surface area contributed by atoms with E-state index in [1.165, 1.54) is 11.3 Å². The summed E-state index contributed by atoms with van der Waals surface area (Å²) in [6.07, 6.45) is 1.71.